The minimum absolute atomic E-state index is 0.0654. The predicted molar refractivity (Wildman–Crippen MR) is 129 cm³/mol. The van der Waals surface area contributed by atoms with Crippen LogP contribution in [0.5, 0.6) is 0 Å². The Morgan fingerprint density at radius 2 is 1.82 bits per heavy atom. The van der Waals surface area contributed by atoms with Crippen molar-refractivity contribution in [2.24, 2.45) is 0 Å². The van der Waals surface area contributed by atoms with E-state index < -0.39 is 5.60 Å². The number of likely N-dealkylation sites (tertiary alicyclic amines) is 1. The number of nitrogens with zero attached hydrogens (tertiary/aromatic N) is 4. The van der Waals surface area contributed by atoms with E-state index in [2.05, 4.69) is 9.97 Å². The van der Waals surface area contributed by atoms with Crippen LogP contribution in [0, 0.1) is 0 Å². The van der Waals surface area contributed by atoms with Crippen molar-refractivity contribution < 1.29 is 14.3 Å². The summed E-state index contributed by atoms with van der Waals surface area (Å²) in [5.41, 5.74) is 3.20. The van der Waals surface area contributed by atoms with E-state index >= 15 is 0 Å². The molecule has 180 valence electrons. The quantitative estimate of drug-likeness (QED) is 0.595. The summed E-state index contributed by atoms with van der Waals surface area (Å²) in [5, 5.41) is 0.661. The Kier molecular flexibility index (Phi) is 6.00. The molecule has 1 saturated heterocycles. The molecule has 0 radical (unpaired) electrons. The molecule has 2 aromatic rings. The molecule has 2 fully saturated rings. The lowest BCUT2D eigenvalue weighted by Crippen LogP contribution is -2.39. The molecule has 1 atom stereocenters. The Bertz CT molecular complexity index is 1110. The molecular formula is C26H31ClN4O3. The number of hydrogen-bond acceptors (Lipinski definition) is 5. The molecule has 1 aromatic heterocycles. The number of amides is 2. The second kappa shape index (κ2) is 8.84. The molecule has 3 heterocycles. The largest absolute Gasteiger partial charge is 0.444 e. The fourth-order valence-corrected chi connectivity index (χ4v) is 5.19. The van der Waals surface area contributed by atoms with Crippen LogP contribution in [0.2, 0.25) is 5.02 Å². The van der Waals surface area contributed by atoms with Crippen LogP contribution in [0.3, 0.4) is 0 Å². The standard InChI is InChI=1S/C26H31ClN4O3/c1-26(2,3)34-25(33)31-9-4-5-22(31)20-12-19(27)11-17-8-10-30(15-21(17)20)24(32)18-13-28-23(29-14-18)16-6-7-16/h11-14,16,22H,4-10,15H2,1-3H3/t22-/m0/s1. The van der Waals surface area contributed by atoms with Gasteiger partial charge in [0.2, 0.25) is 0 Å². The number of fused-ring (bicyclic) bond motifs is 1. The third-order valence-corrected chi connectivity index (χ3v) is 6.95. The maximum Gasteiger partial charge on any atom is 0.410 e. The van der Waals surface area contributed by atoms with Gasteiger partial charge in [-0.1, -0.05) is 11.6 Å². The summed E-state index contributed by atoms with van der Waals surface area (Å²) < 4.78 is 5.67. The highest BCUT2D eigenvalue weighted by molar-refractivity contribution is 6.30. The van der Waals surface area contributed by atoms with Gasteiger partial charge in [-0.15, -0.1) is 0 Å². The molecule has 1 saturated carbocycles. The first kappa shape index (κ1) is 23.1. The molecule has 34 heavy (non-hydrogen) atoms. The van der Waals surface area contributed by atoms with Crippen LogP contribution in [0.15, 0.2) is 24.5 Å². The molecule has 1 aliphatic carbocycles. The monoisotopic (exact) mass is 482 g/mol. The molecule has 7 nitrogen and oxygen atoms in total. The van der Waals surface area contributed by atoms with Crippen molar-refractivity contribution in [3.63, 3.8) is 0 Å². The zero-order chi connectivity index (χ0) is 24.0. The van der Waals surface area contributed by atoms with Crippen molar-refractivity contribution in [3.05, 3.63) is 57.6 Å². The number of carbonyl (C=O) groups excluding carboxylic acids is 2. The van der Waals surface area contributed by atoms with E-state index in [4.69, 9.17) is 16.3 Å². The van der Waals surface area contributed by atoms with Crippen LogP contribution in [0.1, 0.15) is 91.3 Å². The second-order valence-electron chi connectivity index (χ2n) is 10.5. The smallest absolute Gasteiger partial charge is 0.410 e. The van der Waals surface area contributed by atoms with Crippen molar-refractivity contribution in [1.29, 1.82) is 0 Å². The van der Waals surface area contributed by atoms with Gasteiger partial charge in [-0.2, -0.15) is 0 Å². The van der Waals surface area contributed by atoms with Gasteiger partial charge in [0.15, 0.2) is 0 Å². The Hall–Kier alpha value is -2.67. The van der Waals surface area contributed by atoms with Crippen molar-refractivity contribution in [2.45, 2.75) is 77.0 Å². The zero-order valence-corrected chi connectivity index (χ0v) is 20.8. The third kappa shape index (κ3) is 4.76. The molecule has 2 aliphatic heterocycles. The van der Waals surface area contributed by atoms with Gasteiger partial charge in [0.1, 0.15) is 11.4 Å². The molecule has 1 aromatic carbocycles. The first-order chi connectivity index (χ1) is 16.2. The van der Waals surface area contributed by atoms with Crippen LogP contribution in [-0.4, -0.2) is 50.5 Å². The lowest BCUT2D eigenvalue weighted by Gasteiger charge is -2.34. The first-order valence-corrected chi connectivity index (χ1v) is 12.5. The predicted octanol–water partition coefficient (Wildman–Crippen LogP) is 5.28. The number of aromatic nitrogens is 2. The number of benzene rings is 1. The van der Waals surface area contributed by atoms with Crippen LogP contribution < -0.4 is 0 Å². The number of rotatable bonds is 3. The topological polar surface area (TPSA) is 75.6 Å². The highest BCUT2D eigenvalue weighted by Crippen LogP contribution is 2.40. The fraction of sp³-hybridized carbons (Fsp3) is 0.538. The van der Waals surface area contributed by atoms with Crippen LogP contribution in [0.25, 0.3) is 0 Å². The number of carbonyl (C=O) groups is 2. The lowest BCUT2D eigenvalue weighted by atomic mass is 9.90. The SMILES string of the molecule is CC(C)(C)OC(=O)N1CCC[C@H]1c1cc(Cl)cc2c1CN(C(=O)c1cnc(C3CC3)nc1)CC2. The molecule has 0 unspecified atom stereocenters. The summed E-state index contributed by atoms with van der Waals surface area (Å²) >= 11 is 6.50. The average Bonchev–Trinajstić information content (AvgIpc) is 3.52. The van der Waals surface area contributed by atoms with E-state index in [-0.39, 0.29) is 18.0 Å². The Balaban J connectivity index is 1.40. The highest BCUT2D eigenvalue weighted by Gasteiger charge is 2.36. The van der Waals surface area contributed by atoms with E-state index in [1.807, 2.05) is 42.7 Å². The summed E-state index contributed by atoms with van der Waals surface area (Å²) in [6.45, 7) is 7.36. The summed E-state index contributed by atoms with van der Waals surface area (Å²) in [7, 11) is 0. The number of halogens is 1. The Labute approximate surface area is 205 Å². The van der Waals surface area contributed by atoms with Gasteiger partial charge in [0, 0.05) is 43.0 Å². The maximum atomic E-state index is 13.3. The lowest BCUT2D eigenvalue weighted by molar-refractivity contribution is 0.0222. The van der Waals surface area contributed by atoms with Gasteiger partial charge in [-0.3, -0.25) is 4.79 Å². The Morgan fingerprint density at radius 3 is 2.50 bits per heavy atom. The van der Waals surface area contributed by atoms with E-state index in [0.717, 1.165) is 54.6 Å². The van der Waals surface area contributed by atoms with Crippen molar-refractivity contribution >= 4 is 23.6 Å². The summed E-state index contributed by atoms with van der Waals surface area (Å²) in [4.78, 5) is 38.7. The fourth-order valence-electron chi connectivity index (χ4n) is 4.94. The van der Waals surface area contributed by atoms with Gasteiger partial charge in [-0.25, -0.2) is 14.8 Å². The van der Waals surface area contributed by atoms with E-state index in [1.165, 1.54) is 0 Å². The molecular weight excluding hydrogens is 452 g/mol. The third-order valence-electron chi connectivity index (χ3n) is 6.73. The molecule has 3 aliphatic rings. The van der Waals surface area contributed by atoms with Gasteiger partial charge in [0.25, 0.3) is 5.91 Å². The van der Waals surface area contributed by atoms with Gasteiger partial charge in [-0.05, 0) is 81.7 Å². The van der Waals surface area contributed by atoms with Gasteiger partial charge >= 0.3 is 6.09 Å². The molecule has 0 spiro atoms. The summed E-state index contributed by atoms with van der Waals surface area (Å²) in [6, 6.07) is 3.83. The van der Waals surface area contributed by atoms with E-state index in [9.17, 15) is 9.59 Å². The second-order valence-corrected chi connectivity index (χ2v) is 11.0. The molecule has 5 rings (SSSR count). The molecule has 0 N–H and O–H groups in total. The minimum Gasteiger partial charge on any atom is -0.444 e. The van der Waals surface area contributed by atoms with Gasteiger partial charge < -0.3 is 14.5 Å². The van der Waals surface area contributed by atoms with Crippen molar-refractivity contribution in [2.75, 3.05) is 13.1 Å². The summed E-state index contributed by atoms with van der Waals surface area (Å²) in [6.07, 6.45) is 7.72. The highest BCUT2D eigenvalue weighted by atomic mass is 35.5. The summed E-state index contributed by atoms with van der Waals surface area (Å²) in [5.74, 6) is 1.22. The zero-order valence-electron chi connectivity index (χ0n) is 20.0. The number of ether oxygens (including phenoxy) is 1. The maximum absolute atomic E-state index is 13.3. The van der Waals surface area contributed by atoms with Crippen LogP contribution in [0.4, 0.5) is 4.79 Å². The minimum atomic E-state index is -0.557. The number of hydrogen-bond donors (Lipinski definition) is 0. The van der Waals surface area contributed by atoms with Crippen molar-refractivity contribution in [1.82, 2.24) is 19.8 Å². The van der Waals surface area contributed by atoms with E-state index in [0.29, 0.717) is 36.1 Å². The molecule has 2 amide bonds. The normalized spacial score (nSPS) is 20.3. The molecule has 0 bridgehead atoms. The van der Waals surface area contributed by atoms with Crippen molar-refractivity contribution in [3.8, 4) is 0 Å². The first-order valence-electron chi connectivity index (χ1n) is 12.1. The van der Waals surface area contributed by atoms with Gasteiger partial charge in [0.05, 0.1) is 11.6 Å². The van der Waals surface area contributed by atoms with E-state index in [1.54, 1.807) is 12.4 Å². The van der Waals surface area contributed by atoms with Crippen LogP contribution in [-0.2, 0) is 17.7 Å². The Morgan fingerprint density at radius 1 is 1.09 bits per heavy atom. The van der Waals surface area contributed by atoms with Crippen LogP contribution >= 0.6 is 11.6 Å². The molecule has 8 heteroatoms. The average molecular weight is 483 g/mol.